The molecule has 16 heavy (non-hydrogen) atoms. The molecule has 1 aromatic rings. The van der Waals surface area contributed by atoms with Crippen LogP contribution >= 0.6 is 0 Å². The van der Waals surface area contributed by atoms with Gasteiger partial charge in [-0.15, -0.1) is 0 Å². The van der Waals surface area contributed by atoms with E-state index in [1.165, 1.54) is 0 Å². The second-order valence-corrected chi connectivity index (χ2v) is 4.46. The lowest BCUT2D eigenvalue weighted by Gasteiger charge is -2.07. The van der Waals surface area contributed by atoms with Gasteiger partial charge in [0, 0.05) is 5.92 Å². The van der Waals surface area contributed by atoms with Gasteiger partial charge in [-0.2, -0.15) is 0 Å². The summed E-state index contributed by atoms with van der Waals surface area (Å²) >= 11 is 0. The summed E-state index contributed by atoms with van der Waals surface area (Å²) in [6.07, 6.45) is 3.21. The summed E-state index contributed by atoms with van der Waals surface area (Å²) in [5.41, 5.74) is 0. The molecule has 1 aromatic heterocycles. The van der Waals surface area contributed by atoms with Crippen LogP contribution in [-0.4, -0.2) is 24.2 Å². The molecule has 4 heteroatoms. The predicted molar refractivity (Wildman–Crippen MR) is 61.4 cm³/mol. The van der Waals surface area contributed by atoms with Crippen molar-refractivity contribution in [3.8, 4) is 0 Å². The molecule has 1 saturated heterocycles. The van der Waals surface area contributed by atoms with E-state index in [-0.39, 0.29) is 6.04 Å². The van der Waals surface area contributed by atoms with Crippen molar-refractivity contribution in [3.63, 3.8) is 0 Å². The molecule has 4 nitrogen and oxygen atoms in total. The molecule has 1 aliphatic heterocycles. The molecule has 1 fully saturated rings. The first kappa shape index (κ1) is 11.6. The molecule has 2 heterocycles. The van der Waals surface area contributed by atoms with E-state index in [4.69, 9.17) is 9.15 Å². The lowest BCUT2D eigenvalue weighted by Crippen LogP contribution is -2.17. The Morgan fingerprint density at radius 2 is 2.44 bits per heavy atom. The zero-order valence-corrected chi connectivity index (χ0v) is 10.2. The highest BCUT2D eigenvalue weighted by molar-refractivity contribution is 5.05. The van der Waals surface area contributed by atoms with Gasteiger partial charge in [-0.3, -0.25) is 0 Å². The minimum Gasteiger partial charge on any atom is -0.444 e. The zero-order valence-electron chi connectivity index (χ0n) is 10.2. The van der Waals surface area contributed by atoms with Crippen LogP contribution in [0.1, 0.15) is 50.8 Å². The minimum absolute atomic E-state index is 0.179. The highest BCUT2D eigenvalue weighted by Gasteiger charge is 2.27. The Balaban J connectivity index is 2.01. The molecule has 0 radical (unpaired) electrons. The molecule has 0 bridgehead atoms. The number of oxazole rings is 1. The van der Waals surface area contributed by atoms with Crippen LogP contribution < -0.4 is 5.32 Å². The van der Waals surface area contributed by atoms with E-state index in [0.29, 0.717) is 12.0 Å². The van der Waals surface area contributed by atoms with Crippen molar-refractivity contribution in [2.45, 2.75) is 45.3 Å². The van der Waals surface area contributed by atoms with Gasteiger partial charge in [0.2, 0.25) is 5.89 Å². The van der Waals surface area contributed by atoms with Crippen LogP contribution in [0.4, 0.5) is 0 Å². The third-order valence-corrected chi connectivity index (χ3v) is 3.02. The number of aromatic nitrogens is 1. The number of rotatable bonds is 4. The van der Waals surface area contributed by atoms with E-state index in [9.17, 15) is 0 Å². The van der Waals surface area contributed by atoms with Gasteiger partial charge in [-0.05, 0) is 26.8 Å². The molecular formula is C12H20N2O2. The van der Waals surface area contributed by atoms with Gasteiger partial charge in [0.05, 0.1) is 24.9 Å². The SMILES string of the molecule is CCNC(C)c1ncc(C2COC(C)C2)o1. The van der Waals surface area contributed by atoms with E-state index < -0.39 is 0 Å². The molecule has 0 saturated carbocycles. The number of nitrogens with zero attached hydrogens (tertiary/aromatic N) is 1. The van der Waals surface area contributed by atoms with Crippen LogP contribution in [0.5, 0.6) is 0 Å². The molecule has 2 rings (SSSR count). The molecule has 1 aliphatic rings. The van der Waals surface area contributed by atoms with Crippen LogP contribution in [-0.2, 0) is 4.74 Å². The normalized spacial score (nSPS) is 27.2. The van der Waals surface area contributed by atoms with Gasteiger partial charge in [0.15, 0.2) is 0 Å². The Hall–Kier alpha value is -0.870. The third-order valence-electron chi connectivity index (χ3n) is 3.02. The lowest BCUT2D eigenvalue weighted by atomic mass is 10.0. The fraction of sp³-hybridized carbons (Fsp3) is 0.750. The molecule has 3 atom stereocenters. The van der Waals surface area contributed by atoms with Crippen molar-refractivity contribution in [2.75, 3.05) is 13.2 Å². The molecule has 3 unspecified atom stereocenters. The summed E-state index contributed by atoms with van der Waals surface area (Å²) in [5, 5.41) is 3.29. The molecule has 0 aromatic carbocycles. The van der Waals surface area contributed by atoms with E-state index >= 15 is 0 Å². The average molecular weight is 224 g/mol. The Kier molecular flexibility index (Phi) is 3.61. The summed E-state index contributed by atoms with van der Waals surface area (Å²) < 4.78 is 11.3. The zero-order chi connectivity index (χ0) is 11.5. The fourth-order valence-electron chi connectivity index (χ4n) is 2.10. The van der Waals surface area contributed by atoms with E-state index in [0.717, 1.165) is 31.2 Å². The van der Waals surface area contributed by atoms with Crippen LogP contribution in [0.3, 0.4) is 0 Å². The fourth-order valence-corrected chi connectivity index (χ4v) is 2.10. The topological polar surface area (TPSA) is 47.3 Å². The second kappa shape index (κ2) is 4.97. The van der Waals surface area contributed by atoms with Gasteiger partial charge in [-0.25, -0.2) is 4.98 Å². The molecule has 0 amide bonds. The molecule has 1 N–H and O–H groups in total. The monoisotopic (exact) mass is 224 g/mol. The van der Waals surface area contributed by atoms with Gasteiger partial charge in [0.25, 0.3) is 0 Å². The quantitative estimate of drug-likeness (QED) is 0.852. The molecule has 0 aliphatic carbocycles. The van der Waals surface area contributed by atoms with Gasteiger partial charge >= 0.3 is 0 Å². The second-order valence-electron chi connectivity index (χ2n) is 4.46. The van der Waals surface area contributed by atoms with Crippen molar-refractivity contribution in [2.24, 2.45) is 0 Å². The summed E-state index contributed by atoms with van der Waals surface area (Å²) in [6, 6.07) is 0.179. The Bertz CT molecular complexity index is 338. The Morgan fingerprint density at radius 3 is 3.06 bits per heavy atom. The van der Waals surface area contributed by atoms with Gasteiger partial charge in [0.1, 0.15) is 5.76 Å². The van der Waals surface area contributed by atoms with Crippen molar-refractivity contribution >= 4 is 0 Å². The maximum absolute atomic E-state index is 5.78. The average Bonchev–Trinajstić information content (AvgIpc) is 2.85. The number of ether oxygens (including phenoxy) is 1. The first-order chi connectivity index (χ1) is 7.70. The lowest BCUT2D eigenvalue weighted by molar-refractivity contribution is 0.122. The Morgan fingerprint density at radius 1 is 1.62 bits per heavy atom. The van der Waals surface area contributed by atoms with Gasteiger partial charge < -0.3 is 14.5 Å². The standard InChI is InChI=1S/C12H20N2O2/c1-4-13-9(3)12-14-6-11(16-12)10-5-8(2)15-7-10/h6,8-10,13H,4-5,7H2,1-3H3. The van der Waals surface area contributed by atoms with Crippen molar-refractivity contribution in [1.82, 2.24) is 10.3 Å². The smallest absolute Gasteiger partial charge is 0.211 e. The number of hydrogen-bond donors (Lipinski definition) is 1. The molecule has 0 spiro atoms. The van der Waals surface area contributed by atoms with Crippen LogP contribution in [0.25, 0.3) is 0 Å². The first-order valence-corrected chi connectivity index (χ1v) is 6.01. The van der Waals surface area contributed by atoms with Crippen LogP contribution in [0.15, 0.2) is 10.6 Å². The molecule has 90 valence electrons. The number of hydrogen-bond acceptors (Lipinski definition) is 4. The number of nitrogens with one attached hydrogen (secondary N) is 1. The van der Waals surface area contributed by atoms with E-state index in [2.05, 4.69) is 31.1 Å². The maximum atomic E-state index is 5.78. The van der Waals surface area contributed by atoms with Crippen molar-refractivity contribution in [1.29, 1.82) is 0 Å². The third kappa shape index (κ3) is 2.44. The summed E-state index contributed by atoms with van der Waals surface area (Å²) in [4.78, 5) is 4.32. The molecular weight excluding hydrogens is 204 g/mol. The largest absolute Gasteiger partial charge is 0.444 e. The minimum atomic E-state index is 0.179. The summed E-state index contributed by atoms with van der Waals surface area (Å²) in [7, 11) is 0. The summed E-state index contributed by atoms with van der Waals surface area (Å²) in [5.74, 6) is 2.12. The first-order valence-electron chi connectivity index (χ1n) is 6.01. The van der Waals surface area contributed by atoms with E-state index in [1.807, 2.05) is 6.20 Å². The Labute approximate surface area is 96.4 Å². The van der Waals surface area contributed by atoms with Crippen LogP contribution in [0, 0.1) is 0 Å². The van der Waals surface area contributed by atoms with Crippen LogP contribution in [0.2, 0.25) is 0 Å². The van der Waals surface area contributed by atoms with Crippen molar-refractivity contribution < 1.29 is 9.15 Å². The van der Waals surface area contributed by atoms with Crippen molar-refractivity contribution in [3.05, 3.63) is 17.8 Å². The maximum Gasteiger partial charge on any atom is 0.211 e. The van der Waals surface area contributed by atoms with E-state index in [1.54, 1.807) is 0 Å². The highest BCUT2D eigenvalue weighted by atomic mass is 16.5. The summed E-state index contributed by atoms with van der Waals surface area (Å²) in [6.45, 7) is 7.91. The van der Waals surface area contributed by atoms with Gasteiger partial charge in [-0.1, -0.05) is 6.92 Å². The highest BCUT2D eigenvalue weighted by Crippen LogP contribution is 2.30. The predicted octanol–water partition coefficient (Wildman–Crippen LogP) is 2.24.